The standard InChI is InChI=1S/C20H17N3O2S2/c24-20(15-12-27-19(22-15)17-6-3-11-26-17)23-9-7-13(8-10-23)18-21-14-4-1-2-5-16(14)25-18/h1-6,11-13H,7-10H2. The molecule has 3 aromatic heterocycles. The van der Waals surface area contributed by atoms with E-state index in [4.69, 9.17) is 4.42 Å². The summed E-state index contributed by atoms with van der Waals surface area (Å²) in [5.41, 5.74) is 2.27. The van der Waals surface area contributed by atoms with Crippen LogP contribution in [0.1, 0.15) is 35.1 Å². The van der Waals surface area contributed by atoms with E-state index in [0.29, 0.717) is 18.8 Å². The highest BCUT2D eigenvalue weighted by Crippen LogP contribution is 2.32. The summed E-state index contributed by atoms with van der Waals surface area (Å²) in [4.78, 5) is 25.0. The molecule has 0 atom stereocenters. The Labute approximate surface area is 164 Å². The largest absolute Gasteiger partial charge is 0.440 e. The van der Waals surface area contributed by atoms with Crippen molar-refractivity contribution < 1.29 is 9.21 Å². The summed E-state index contributed by atoms with van der Waals surface area (Å²) in [6.45, 7) is 1.40. The number of fused-ring (bicyclic) bond motifs is 1. The van der Waals surface area contributed by atoms with E-state index >= 15 is 0 Å². The molecule has 1 amide bonds. The van der Waals surface area contributed by atoms with Crippen LogP contribution in [0.2, 0.25) is 0 Å². The average molecular weight is 396 g/mol. The van der Waals surface area contributed by atoms with Crippen LogP contribution in [0.15, 0.2) is 51.6 Å². The molecule has 1 fully saturated rings. The van der Waals surface area contributed by atoms with Gasteiger partial charge in [0, 0.05) is 24.4 Å². The van der Waals surface area contributed by atoms with Crippen LogP contribution in [0.25, 0.3) is 21.0 Å². The van der Waals surface area contributed by atoms with Crippen molar-refractivity contribution in [2.75, 3.05) is 13.1 Å². The van der Waals surface area contributed by atoms with E-state index in [-0.39, 0.29) is 11.8 Å². The second kappa shape index (κ2) is 6.90. The molecule has 0 saturated carbocycles. The van der Waals surface area contributed by atoms with Gasteiger partial charge in [-0.25, -0.2) is 9.97 Å². The van der Waals surface area contributed by atoms with Gasteiger partial charge in [0.25, 0.3) is 5.91 Å². The van der Waals surface area contributed by atoms with Gasteiger partial charge < -0.3 is 9.32 Å². The lowest BCUT2D eigenvalue weighted by Crippen LogP contribution is -2.38. The number of aromatic nitrogens is 2. The minimum atomic E-state index is 0.0186. The Bertz CT molecular complexity index is 1040. The Kier molecular flexibility index (Phi) is 4.26. The summed E-state index contributed by atoms with van der Waals surface area (Å²) < 4.78 is 5.91. The molecule has 136 valence electrons. The Morgan fingerprint density at radius 1 is 1.07 bits per heavy atom. The molecule has 0 spiro atoms. The zero-order valence-corrected chi connectivity index (χ0v) is 16.1. The molecule has 0 aliphatic carbocycles. The van der Waals surface area contributed by atoms with Crippen molar-refractivity contribution in [3.8, 4) is 9.88 Å². The number of likely N-dealkylation sites (tertiary alicyclic amines) is 1. The first kappa shape index (κ1) is 16.6. The SMILES string of the molecule is O=C(c1csc(-c2cccs2)n1)N1CCC(c2nc3ccccc3o2)CC1. The van der Waals surface area contributed by atoms with E-state index in [0.717, 1.165) is 39.7 Å². The van der Waals surface area contributed by atoms with Gasteiger partial charge >= 0.3 is 0 Å². The number of thiazole rings is 1. The minimum absolute atomic E-state index is 0.0186. The highest BCUT2D eigenvalue weighted by molar-refractivity contribution is 7.20. The normalized spacial score (nSPS) is 15.5. The molecule has 1 aliphatic rings. The van der Waals surface area contributed by atoms with Gasteiger partial charge in [-0.05, 0) is 36.4 Å². The van der Waals surface area contributed by atoms with Gasteiger partial charge in [-0.2, -0.15) is 0 Å². The number of benzene rings is 1. The number of carbonyl (C=O) groups excluding carboxylic acids is 1. The molecule has 0 unspecified atom stereocenters. The zero-order valence-electron chi connectivity index (χ0n) is 14.5. The first-order chi connectivity index (χ1) is 13.3. The molecule has 5 nitrogen and oxygen atoms in total. The van der Waals surface area contributed by atoms with Gasteiger partial charge in [-0.3, -0.25) is 4.79 Å². The van der Waals surface area contributed by atoms with Crippen LogP contribution in [0.5, 0.6) is 0 Å². The summed E-state index contributed by atoms with van der Waals surface area (Å²) in [6, 6.07) is 11.9. The molecule has 1 aliphatic heterocycles. The number of hydrogen-bond acceptors (Lipinski definition) is 6. The van der Waals surface area contributed by atoms with Crippen LogP contribution in [0, 0.1) is 0 Å². The topological polar surface area (TPSA) is 59.2 Å². The van der Waals surface area contributed by atoms with Crippen molar-refractivity contribution in [3.05, 3.63) is 58.7 Å². The van der Waals surface area contributed by atoms with E-state index in [2.05, 4.69) is 9.97 Å². The maximum absolute atomic E-state index is 12.8. The Morgan fingerprint density at radius 3 is 2.70 bits per heavy atom. The molecular weight excluding hydrogens is 378 g/mol. The number of thiophene rings is 1. The molecule has 7 heteroatoms. The molecule has 0 radical (unpaired) electrons. The van der Waals surface area contributed by atoms with Crippen LogP contribution in [0.4, 0.5) is 0 Å². The lowest BCUT2D eigenvalue weighted by atomic mass is 9.96. The molecule has 4 aromatic rings. The van der Waals surface area contributed by atoms with E-state index in [1.54, 1.807) is 11.3 Å². The molecule has 4 heterocycles. The van der Waals surface area contributed by atoms with E-state index in [9.17, 15) is 4.79 Å². The minimum Gasteiger partial charge on any atom is -0.440 e. The van der Waals surface area contributed by atoms with Gasteiger partial charge in [0.05, 0.1) is 4.88 Å². The third-order valence-corrected chi connectivity index (χ3v) is 6.78. The number of carbonyl (C=O) groups is 1. The van der Waals surface area contributed by atoms with Crippen molar-refractivity contribution in [3.63, 3.8) is 0 Å². The zero-order chi connectivity index (χ0) is 18.2. The summed E-state index contributed by atoms with van der Waals surface area (Å²) in [6.07, 6.45) is 1.72. The van der Waals surface area contributed by atoms with Gasteiger partial charge in [0.2, 0.25) is 0 Å². The van der Waals surface area contributed by atoms with Gasteiger partial charge in [0.1, 0.15) is 16.2 Å². The number of hydrogen-bond donors (Lipinski definition) is 0. The fourth-order valence-electron chi connectivity index (χ4n) is 3.44. The van der Waals surface area contributed by atoms with Gasteiger partial charge in [-0.15, -0.1) is 22.7 Å². The first-order valence-corrected chi connectivity index (χ1v) is 10.7. The second-order valence-corrected chi connectivity index (χ2v) is 8.41. The van der Waals surface area contributed by atoms with Crippen LogP contribution >= 0.6 is 22.7 Å². The third kappa shape index (κ3) is 3.17. The van der Waals surface area contributed by atoms with Crippen LogP contribution in [-0.2, 0) is 0 Å². The van der Waals surface area contributed by atoms with E-state index in [1.165, 1.54) is 11.3 Å². The van der Waals surface area contributed by atoms with Crippen molar-refractivity contribution in [2.45, 2.75) is 18.8 Å². The number of oxazole rings is 1. The first-order valence-electron chi connectivity index (χ1n) is 8.92. The summed E-state index contributed by atoms with van der Waals surface area (Å²) >= 11 is 3.17. The van der Waals surface area contributed by atoms with Crippen LogP contribution < -0.4 is 0 Å². The number of para-hydroxylation sites is 2. The highest BCUT2D eigenvalue weighted by atomic mass is 32.1. The number of amides is 1. The Hall–Kier alpha value is -2.51. The maximum Gasteiger partial charge on any atom is 0.273 e. The third-order valence-electron chi connectivity index (χ3n) is 4.90. The molecule has 1 saturated heterocycles. The van der Waals surface area contributed by atoms with Crippen molar-refractivity contribution >= 4 is 39.7 Å². The molecular formula is C20H17N3O2S2. The van der Waals surface area contributed by atoms with Crippen molar-refractivity contribution in [1.29, 1.82) is 0 Å². The Balaban J connectivity index is 1.26. The predicted octanol–water partition coefficient (Wildman–Crippen LogP) is 5.03. The van der Waals surface area contributed by atoms with Crippen LogP contribution in [0.3, 0.4) is 0 Å². The lowest BCUT2D eigenvalue weighted by molar-refractivity contribution is 0.0701. The predicted molar refractivity (Wildman–Crippen MR) is 107 cm³/mol. The fraction of sp³-hybridized carbons (Fsp3) is 0.250. The van der Waals surface area contributed by atoms with Gasteiger partial charge in [-0.1, -0.05) is 18.2 Å². The summed E-state index contributed by atoms with van der Waals surface area (Å²) in [7, 11) is 0. The molecule has 0 N–H and O–H groups in total. The highest BCUT2D eigenvalue weighted by Gasteiger charge is 2.28. The molecule has 0 bridgehead atoms. The maximum atomic E-state index is 12.8. The van der Waals surface area contributed by atoms with E-state index in [1.807, 2.05) is 52.1 Å². The van der Waals surface area contributed by atoms with Crippen LogP contribution in [-0.4, -0.2) is 33.9 Å². The molecule has 1 aromatic carbocycles. The fourth-order valence-corrected chi connectivity index (χ4v) is 5.05. The second-order valence-electron chi connectivity index (χ2n) is 6.60. The summed E-state index contributed by atoms with van der Waals surface area (Å²) in [5.74, 6) is 1.07. The lowest BCUT2D eigenvalue weighted by Gasteiger charge is -2.30. The van der Waals surface area contributed by atoms with Crippen molar-refractivity contribution in [1.82, 2.24) is 14.9 Å². The Morgan fingerprint density at radius 2 is 1.93 bits per heavy atom. The monoisotopic (exact) mass is 395 g/mol. The van der Waals surface area contributed by atoms with Gasteiger partial charge in [0.15, 0.2) is 11.5 Å². The van der Waals surface area contributed by atoms with E-state index < -0.39 is 0 Å². The quantitative estimate of drug-likeness (QED) is 0.488. The van der Waals surface area contributed by atoms with Crippen molar-refractivity contribution in [2.24, 2.45) is 0 Å². The number of nitrogens with zero attached hydrogens (tertiary/aromatic N) is 3. The molecule has 27 heavy (non-hydrogen) atoms. The summed E-state index contributed by atoms with van der Waals surface area (Å²) in [5, 5.41) is 4.80. The number of piperidine rings is 1. The number of rotatable bonds is 3. The molecule has 5 rings (SSSR count). The smallest absolute Gasteiger partial charge is 0.273 e. The average Bonchev–Trinajstić information content (AvgIpc) is 3.47.